The molecule has 0 spiro atoms. The predicted molar refractivity (Wildman–Crippen MR) is 79.6 cm³/mol. The molecule has 0 amide bonds. The van der Waals surface area contributed by atoms with E-state index in [4.69, 9.17) is 18.9 Å². The fourth-order valence-electron chi connectivity index (χ4n) is 2.24. The van der Waals surface area contributed by atoms with Crippen LogP contribution in [0.1, 0.15) is 58.8 Å². The van der Waals surface area contributed by atoms with Crippen LogP contribution in [0.2, 0.25) is 0 Å². The Morgan fingerprint density at radius 1 is 0.550 bits per heavy atom. The first kappa shape index (κ1) is 17.9. The van der Waals surface area contributed by atoms with Crippen molar-refractivity contribution in [3.63, 3.8) is 0 Å². The van der Waals surface area contributed by atoms with Gasteiger partial charge in [0.2, 0.25) is 0 Å². The molecule has 0 aromatic carbocycles. The van der Waals surface area contributed by atoms with Crippen molar-refractivity contribution >= 4 is 0 Å². The van der Waals surface area contributed by atoms with Gasteiger partial charge in [-0.05, 0) is 6.42 Å². The highest BCUT2D eigenvalue weighted by Crippen LogP contribution is 2.18. The van der Waals surface area contributed by atoms with Crippen molar-refractivity contribution in [1.29, 1.82) is 0 Å². The van der Waals surface area contributed by atoms with Crippen LogP contribution in [0.5, 0.6) is 0 Å². The first-order chi connectivity index (χ1) is 9.71. The number of ether oxygens (including phenoxy) is 4. The summed E-state index contributed by atoms with van der Waals surface area (Å²) >= 11 is 0. The van der Waals surface area contributed by atoms with Gasteiger partial charge < -0.3 is 18.9 Å². The fraction of sp³-hybridized carbons (Fsp3) is 1.00. The van der Waals surface area contributed by atoms with Gasteiger partial charge in [0.05, 0.1) is 26.4 Å². The molecule has 0 aromatic heterocycles. The van der Waals surface area contributed by atoms with Crippen LogP contribution in [0.3, 0.4) is 0 Å². The average Bonchev–Trinajstić information content (AvgIpc) is 2.52. The summed E-state index contributed by atoms with van der Waals surface area (Å²) in [5.41, 5.74) is 0.234. The smallest absolute Gasteiger partial charge is 0.146 e. The van der Waals surface area contributed by atoms with Crippen LogP contribution in [0, 0.1) is 5.41 Å². The lowest BCUT2D eigenvalue weighted by Gasteiger charge is -2.28. The summed E-state index contributed by atoms with van der Waals surface area (Å²) in [6, 6.07) is 0. The van der Waals surface area contributed by atoms with Gasteiger partial charge >= 0.3 is 0 Å². The summed E-state index contributed by atoms with van der Waals surface area (Å²) in [6.07, 6.45) is 10.1. The normalized spacial score (nSPS) is 25.5. The molecule has 2 aliphatic heterocycles. The van der Waals surface area contributed by atoms with E-state index in [0.717, 1.165) is 32.8 Å². The molecule has 0 unspecified atom stereocenters. The Kier molecular flexibility index (Phi) is 10.3. The van der Waals surface area contributed by atoms with Crippen molar-refractivity contribution in [2.75, 3.05) is 40.0 Å². The van der Waals surface area contributed by atoms with E-state index in [1.54, 1.807) is 0 Å². The van der Waals surface area contributed by atoms with E-state index in [0.29, 0.717) is 13.6 Å². The monoisotopic (exact) mass is 288 g/mol. The SMILES string of the molecule is C1CCCCC1.C1COCOC1.CC1(C)COCOC1. The summed E-state index contributed by atoms with van der Waals surface area (Å²) in [5.74, 6) is 0. The molecule has 1 saturated carbocycles. The molecule has 3 rings (SSSR count). The van der Waals surface area contributed by atoms with Gasteiger partial charge in [0.15, 0.2) is 0 Å². The minimum atomic E-state index is 0.234. The average molecular weight is 288 g/mol. The Morgan fingerprint density at radius 2 is 0.950 bits per heavy atom. The van der Waals surface area contributed by atoms with Gasteiger partial charge in [-0.3, -0.25) is 0 Å². The molecule has 1 aliphatic carbocycles. The molecular formula is C16H32O4. The van der Waals surface area contributed by atoms with Crippen LogP contribution in [-0.4, -0.2) is 40.0 Å². The van der Waals surface area contributed by atoms with Crippen molar-refractivity contribution in [3.8, 4) is 0 Å². The van der Waals surface area contributed by atoms with Crippen LogP contribution in [0.25, 0.3) is 0 Å². The lowest BCUT2D eigenvalue weighted by molar-refractivity contribution is -0.153. The number of hydrogen-bond acceptors (Lipinski definition) is 4. The van der Waals surface area contributed by atoms with Crippen LogP contribution in [-0.2, 0) is 18.9 Å². The fourth-order valence-corrected chi connectivity index (χ4v) is 2.24. The minimum Gasteiger partial charge on any atom is -0.355 e. The predicted octanol–water partition coefficient (Wildman–Crippen LogP) is 3.74. The van der Waals surface area contributed by atoms with Crippen molar-refractivity contribution < 1.29 is 18.9 Å². The molecular weight excluding hydrogens is 256 g/mol. The van der Waals surface area contributed by atoms with Crippen LogP contribution in [0.15, 0.2) is 0 Å². The van der Waals surface area contributed by atoms with Crippen molar-refractivity contribution in [3.05, 3.63) is 0 Å². The van der Waals surface area contributed by atoms with E-state index in [-0.39, 0.29) is 5.41 Å². The maximum atomic E-state index is 5.06. The van der Waals surface area contributed by atoms with Gasteiger partial charge in [-0.25, -0.2) is 0 Å². The molecule has 3 aliphatic rings. The van der Waals surface area contributed by atoms with E-state index < -0.39 is 0 Å². The Bertz CT molecular complexity index is 168. The highest BCUT2D eigenvalue weighted by atomic mass is 16.7. The van der Waals surface area contributed by atoms with Gasteiger partial charge in [-0.15, -0.1) is 0 Å². The molecule has 20 heavy (non-hydrogen) atoms. The van der Waals surface area contributed by atoms with Crippen molar-refractivity contribution in [1.82, 2.24) is 0 Å². The summed E-state index contributed by atoms with van der Waals surface area (Å²) in [5, 5.41) is 0. The second-order valence-electron chi connectivity index (χ2n) is 6.39. The zero-order valence-electron chi connectivity index (χ0n) is 13.3. The highest BCUT2D eigenvalue weighted by molar-refractivity contribution is 4.67. The lowest BCUT2D eigenvalue weighted by Crippen LogP contribution is -2.31. The summed E-state index contributed by atoms with van der Waals surface area (Å²) in [7, 11) is 0. The first-order valence-electron chi connectivity index (χ1n) is 8.02. The van der Waals surface area contributed by atoms with Crippen LogP contribution < -0.4 is 0 Å². The molecule has 4 heteroatoms. The lowest BCUT2D eigenvalue weighted by atomic mass is 9.96. The van der Waals surface area contributed by atoms with E-state index in [1.165, 1.54) is 38.5 Å². The molecule has 0 bridgehead atoms. The largest absolute Gasteiger partial charge is 0.355 e. The topological polar surface area (TPSA) is 36.9 Å². The van der Waals surface area contributed by atoms with Gasteiger partial charge in [-0.1, -0.05) is 52.4 Å². The van der Waals surface area contributed by atoms with Gasteiger partial charge in [0.25, 0.3) is 0 Å². The van der Waals surface area contributed by atoms with Crippen molar-refractivity contribution in [2.45, 2.75) is 58.8 Å². The summed E-state index contributed by atoms with van der Waals surface area (Å²) < 4.78 is 19.8. The Labute approximate surface area is 124 Å². The number of hydrogen-bond donors (Lipinski definition) is 0. The molecule has 2 heterocycles. The maximum absolute atomic E-state index is 5.06. The highest BCUT2D eigenvalue weighted by Gasteiger charge is 2.21. The number of rotatable bonds is 0. The Morgan fingerprint density at radius 3 is 1.15 bits per heavy atom. The quantitative estimate of drug-likeness (QED) is 0.680. The zero-order chi connectivity index (χ0) is 14.5. The summed E-state index contributed by atoms with van der Waals surface area (Å²) in [4.78, 5) is 0. The Hall–Kier alpha value is -0.160. The van der Waals surface area contributed by atoms with E-state index in [1.807, 2.05) is 0 Å². The maximum Gasteiger partial charge on any atom is 0.146 e. The van der Waals surface area contributed by atoms with E-state index in [9.17, 15) is 0 Å². The van der Waals surface area contributed by atoms with Gasteiger partial charge in [0.1, 0.15) is 13.6 Å². The standard InChI is InChI=1S/C6H12O2.C6H12.C4H8O2/c1-6(2)3-7-5-8-4-6;1-2-4-6-5-3-1;1-2-5-4-6-3-1/h3-5H2,1-2H3;1-6H2;1-4H2. The minimum absolute atomic E-state index is 0.234. The Balaban J connectivity index is 0.000000152. The third kappa shape index (κ3) is 10.6. The zero-order valence-corrected chi connectivity index (χ0v) is 13.3. The molecule has 120 valence electrons. The molecule has 3 fully saturated rings. The third-order valence-electron chi connectivity index (χ3n) is 3.40. The first-order valence-corrected chi connectivity index (χ1v) is 8.02. The molecule has 0 atom stereocenters. The molecule has 4 nitrogen and oxygen atoms in total. The van der Waals surface area contributed by atoms with Crippen LogP contribution >= 0.6 is 0 Å². The third-order valence-corrected chi connectivity index (χ3v) is 3.40. The van der Waals surface area contributed by atoms with E-state index >= 15 is 0 Å². The summed E-state index contributed by atoms with van der Waals surface area (Å²) in [6.45, 7) is 8.64. The molecule has 0 radical (unpaired) electrons. The van der Waals surface area contributed by atoms with Gasteiger partial charge in [-0.2, -0.15) is 0 Å². The second-order valence-corrected chi connectivity index (χ2v) is 6.39. The van der Waals surface area contributed by atoms with Crippen molar-refractivity contribution in [2.24, 2.45) is 5.41 Å². The molecule has 2 saturated heterocycles. The van der Waals surface area contributed by atoms with Crippen LogP contribution in [0.4, 0.5) is 0 Å². The second kappa shape index (κ2) is 11.5. The molecule has 0 aromatic rings. The van der Waals surface area contributed by atoms with E-state index in [2.05, 4.69) is 13.8 Å². The van der Waals surface area contributed by atoms with Gasteiger partial charge in [0, 0.05) is 5.41 Å². The molecule has 0 N–H and O–H groups in total.